The Bertz CT molecular complexity index is 801. The van der Waals surface area contributed by atoms with Gasteiger partial charge in [-0.3, -0.25) is 9.59 Å². The summed E-state index contributed by atoms with van der Waals surface area (Å²) in [6.45, 7) is 3.20. The quantitative estimate of drug-likeness (QED) is 0.740. The molecule has 0 unspecified atom stereocenters. The smallest absolute Gasteiger partial charge is 0.337 e. The number of fused-ring (bicyclic) bond motifs is 1. The van der Waals surface area contributed by atoms with Gasteiger partial charge in [0.25, 0.3) is 0 Å². The Labute approximate surface area is 141 Å². The van der Waals surface area contributed by atoms with Gasteiger partial charge in [0.15, 0.2) is 5.78 Å². The van der Waals surface area contributed by atoms with Gasteiger partial charge in [-0.2, -0.15) is 0 Å². The van der Waals surface area contributed by atoms with Gasteiger partial charge < -0.3 is 9.47 Å². The van der Waals surface area contributed by atoms with Crippen LogP contribution in [0.3, 0.4) is 0 Å². The second-order valence-electron chi connectivity index (χ2n) is 5.71. The number of ketones is 2. The van der Waals surface area contributed by atoms with Gasteiger partial charge in [0, 0.05) is 37.0 Å². The minimum atomic E-state index is -1.10. The van der Waals surface area contributed by atoms with Gasteiger partial charge in [-0.1, -0.05) is 24.3 Å². The first kappa shape index (κ1) is 15.7. The van der Waals surface area contributed by atoms with Crippen molar-refractivity contribution in [2.75, 3.05) is 0 Å². The van der Waals surface area contributed by atoms with E-state index in [-0.39, 0.29) is 28.0 Å². The summed E-state index contributed by atoms with van der Waals surface area (Å²) in [5.41, 5.74) is 0.991. The van der Waals surface area contributed by atoms with Crippen molar-refractivity contribution in [3.05, 3.63) is 57.3 Å². The van der Waals surface area contributed by atoms with Gasteiger partial charge in [0.1, 0.15) is 5.76 Å². The zero-order chi connectivity index (χ0) is 16.8. The summed E-state index contributed by atoms with van der Waals surface area (Å²) in [6.07, 6.45) is 1.23. The zero-order valence-electron chi connectivity index (χ0n) is 12.5. The fourth-order valence-corrected chi connectivity index (χ4v) is 3.12. The molecule has 0 fully saturated rings. The second-order valence-corrected chi connectivity index (χ2v) is 6.50. The molecule has 118 valence electrons. The molecule has 1 heterocycles. The highest BCUT2D eigenvalue weighted by Crippen LogP contribution is 2.35. The normalized spacial score (nSPS) is 19.8. The molecule has 3 rings (SSSR count). The summed E-state index contributed by atoms with van der Waals surface area (Å²) in [6, 6.07) is 6.64. The Morgan fingerprint density at radius 2 is 1.61 bits per heavy atom. The monoisotopic (exact) mass is 376 g/mol. The number of hydrogen-bond acceptors (Lipinski definition) is 5. The molecule has 1 aliphatic heterocycles. The Morgan fingerprint density at radius 3 is 2.22 bits per heavy atom. The molecule has 6 heteroatoms. The van der Waals surface area contributed by atoms with Crippen molar-refractivity contribution in [2.24, 2.45) is 0 Å². The van der Waals surface area contributed by atoms with Gasteiger partial charge in [0.05, 0.1) is 10.6 Å². The van der Waals surface area contributed by atoms with Crippen LogP contribution in [0, 0.1) is 0 Å². The third-order valence-corrected chi connectivity index (χ3v) is 4.35. The fourth-order valence-electron chi connectivity index (χ4n) is 2.59. The number of hydrogen-bond donors (Lipinski definition) is 0. The van der Waals surface area contributed by atoms with E-state index in [0.29, 0.717) is 16.9 Å². The highest BCUT2D eigenvalue weighted by atomic mass is 79.9. The molecule has 0 saturated heterocycles. The Hall–Kier alpha value is -2.21. The van der Waals surface area contributed by atoms with Crippen LogP contribution in [0.15, 0.2) is 46.2 Å². The number of cyclic esters (lactones) is 1. The summed E-state index contributed by atoms with van der Waals surface area (Å²) >= 11 is 3.21. The van der Waals surface area contributed by atoms with Crippen LogP contribution in [0.5, 0.6) is 0 Å². The average Bonchev–Trinajstić information content (AvgIpc) is 2.47. The van der Waals surface area contributed by atoms with E-state index in [1.165, 1.54) is 6.08 Å². The topological polar surface area (TPSA) is 69.7 Å². The number of carbonyl (C=O) groups is 3. The van der Waals surface area contributed by atoms with Gasteiger partial charge in [-0.25, -0.2) is 4.79 Å². The first-order chi connectivity index (χ1) is 10.8. The lowest BCUT2D eigenvalue weighted by atomic mass is 9.87. The Morgan fingerprint density at radius 1 is 1.00 bits per heavy atom. The average molecular weight is 377 g/mol. The molecule has 0 bridgehead atoms. The first-order valence-electron chi connectivity index (χ1n) is 6.98. The molecule has 5 nitrogen and oxygen atoms in total. The van der Waals surface area contributed by atoms with Crippen LogP contribution in [0.25, 0.3) is 0 Å². The number of esters is 1. The zero-order valence-corrected chi connectivity index (χ0v) is 14.1. The van der Waals surface area contributed by atoms with Gasteiger partial charge in [-0.05, 0) is 15.9 Å². The van der Waals surface area contributed by atoms with Crippen molar-refractivity contribution < 1.29 is 23.9 Å². The highest BCUT2D eigenvalue weighted by molar-refractivity contribution is 9.12. The van der Waals surface area contributed by atoms with E-state index in [9.17, 15) is 14.4 Å². The van der Waals surface area contributed by atoms with Crippen molar-refractivity contribution in [3.8, 4) is 0 Å². The fraction of sp³-hybridized carbons (Fsp3) is 0.235. The molecule has 2 aliphatic rings. The van der Waals surface area contributed by atoms with Crippen LogP contribution in [0.2, 0.25) is 0 Å². The number of carbonyl (C=O) groups excluding carboxylic acids is 3. The van der Waals surface area contributed by atoms with Crippen molar-refractivity contribution >= 4 is 33.5 Å². The van der Waals surface area contributed by atoms with Crippen molar-refractivity contribution in [1.29, 1.82) is 0 Å². The van der Waals surface area contributed by atoms with E-state index in [1.54, 1.807) is 38.1 Å². The van der Waals surface area contributed by atoms with Crippen molar-refractivity contribution in [2.45, 2.75) is 26.1 Å². The maximum Gasteiger partial charge on any atom is 0.337 e. The predicted molar refractivity (Wildman–Crippen MR) is 85.0 cm³/mol. The number of benzene rings is 1. The SMILES string of the molecule is CC1(C)OC(=O)C=C(CC2=C(Br)C(=O)c3ccccc3C2=O)O1. The molecule has 23 heavy (non-hydrogen) atoms. The molecule has 1 aliphatic carbocycles. The van der Waals surface area contributed by atoms with Crippen molar-refractivity contribution in [3.63, 3.8) is 0 Å². The van der Waals surface area contributed by atoms with E-state index >= 15 is 0 Å². The molecule has 0 atom stereocenters. The van der Waals surface area contributed by atoms with Gasteiger partial charge in [-0.15, -0.1) is 0 Å². The molecule has 1 aromatic carbocycles. The minimum Gasteiger partial charge on any atom is -0.457 e. The standard InChI is InChI=1S/C17H13BrO5/c1-17(2)22-9(8-13(19)23-17)7-12-14(18)16(21)11-6-4-3-5-10(11)15(12)20/h3-6,8H,7H2,1-2H3. The lowest BCUT2D eigenvalue weighted by molar-refractivity contribution is -0.205. The van der Waals surface area contributed by atoms with Crippen molar-refractivity contribution in [1.82, 2.24) is 0 Å². The minimum absolute atomic E-state index is 0.0397. The van der Waals surface area contributed by atoms with Gasteiger partial charge >= 0.3 is 5.97 Å². The van der Waals surface area contributed by atoms with Gasteiger partial charge in [0.2, 0.25) is 11.6 Å². The Kier molecular flexibility index (Phi) is 3.72. The third-order valence-electron chi connectivity index (χ3n) is 3.51. The predicted octanol–water partition coefficient (Wildman–Crippen LogP) is 3.30. The number of halogens is 1. The molecule has 0 spiro atoms. The number of rotatable bonds is 2. The summed E-state index contributed by atoms with van der Waals surface area (Å²) in [5.74, 6) is -1.86. The maximum absolute atomic E-state index is 12.7. The molecule has 0 amide bonds. The Balaban J connectivity index is 1.98. The molecule has 0 N–H and O–H groups in total. The molecule has 0 saturated carbocycles. The van der Waals surface area contributed by atoms with E-state index in [1.807, 2.05) is 0 Å². The lowest BCUT2D eigenvalue weighted by Crippen LogP contribution is -2.34. The molecular weight excluding hydrogens is 364 g/mol. The van der Waals surface area contributed by atoms with Crippen LogP contribution in [0.4, 0.5) is 0 Å². The second kappa shape index (κ2) is 5.45. The maximum atomic E-state index is 12.7. The van der Waals surface area contributed by atoms with Crippen LogP contribution in [-0.4, -0.2) is 23.3 Å². The van der Waals surface area contributed by atoms with E-state index in [4.69, 9.17) is 9.47 Å². The molecule has 1 aromatic rings. The number of ether oxygens (including phenoxy) is 2. The van der Waals surface area contributed by atoms with Crippen LogP contribution >= 0.6 is 15.9 Å². The number of Topliss-reactive ketones (excluding diaryl/α,β-unsaturated/α-hetero) is 2. The molecule has 0 radical (unpaired) electrons. The summed E-state index contributed by atoms with van der Waals surface area (Å²) in [7, 11) is 0. The highest BCUT2D eigenvalue weighted by Gasteiger charge is 2.35. The van der Waals surface area contributed by atoms with Crippen LogP contribution < -0.4 is 0 Å². The van der Waals surface area contributed by atoms with Crippen LogP contribution in [0.1, 0.15) is 41.0 Å². The molecule has 0 aromatic heterocycles. The van der Waals surface area contributed by atoms with E-state index < -0.39 is 11.8 Å². The third kappa shape index (κ3) is 2.86. The van der Waals surface area contributed by atoms with E-state index in [2.05, 4.69) is 15.9 Å². The lowest BCUT2D eigenvalue weighted by Gasteiger charge is -2.31. The van der Waals surface area contributed by atoms with E-state index in [0.717, 1.165) is 0 Å². The number of allylic oxidation sites excluding steroid dienone is 2. The summed E-state index contributed by atoms with van der Waals surface area (Å²) in [4.78, 5) is 36.6. The van der Waals surface area contributed by atoms with Crippen LogP contribution in [-0.2, 0) is 14.3 Å². The first-order valence-corrected chi connectivity index (χ1v) is 7.77. The molecular formula is C17H13BrO5. The largest absolute Gasteiger partial charge is 0.457 e. The summed E-state index contributed by atoms with van der Waals surface area (Å²) in [5, 5.41) is 0. The summed E-state index contributed by atoms with van der Waals surface area (Å²) < 4.78 is 10.8.